The monoisotopic (exact) mass is 348 g/mol. The van der Waals surface area contributed by atoms with E-state index in [1.165, 1.54) is 17.1 Å². The quantitative estimate of drug-likeness (QED) is 0.781. The molecule has 1 saturated heterocycles. The molecule has 0 saturated carbocycles. The zero-order valence-electron chi connectivity index (χ0n) is 15.1. The Bertz CT molecular complexity index is 648. The fourth-order valence-electron chi connectivity index (χ4n) is 2.50. The van der Waals surface area contributed by atoms with Gasteiger partial charge in [0.15, 0.2) is 0 Å². The maximum Gasteiger partial charge on any atom is 0.429 e. The molecule has 0 aliphatic carbocycles. The van der Waals surface area contributed by atoms with Gasteiger partial charge in [0, 0.05) is 13.0 Å². The Morgan fingerprint density at radius 1 is 1.16 bits per heavy atom. The predicted octanol–water partition coefficient (Wildman–Crippen LogP) is 2.40. The highest BCUT2D eigenvalue weighted by Gasteiger charge is 2.35. The number of benzene rings is 1. The molecule has 1 aromatic carbocycles. The standard InChI is InChI=1S/C18H24N2O5/c1-18(2,3)25-17(23)20-12-10-15(21)19(20)11-9-13-5-7-14(8-6-13)16(22)24-4/h5-8H,9-12H2,1-4H3. The number of nitrogens with zero attached hydrogens (tertiary/aromatic N) is 2. The van der Waals surface area contributed by atoms with E-state index in [2.05, 4.69) is 4.74 Å². The number of hydrogen-bond donors (Lipinski definition) is 0. The summed E-state index contributed by atoms with van der Waals surface area (Å²) in [5.74, 6) is -0.491. The lowest BCUT2D eigenvalue weighted by Gasteiger charge is -2.30. The van der Waals surface area contributed by atoms with E-state index in [-0.39, 0.29) is 5.91 Å². The number of rotatable bonds is 4. The summed E-state index contributed by atoms with van der Waals surface area (Å²) in [6.07, 6.45) is 0.340. The molecule has 7 heteroatoms. The molecule has 2 amide bonds. The maximum absolute atomic E-state index is 12.2. The van der Waals surface area contributed by atoms with Crippen LogP contribution in [0.15, 0.2) is 24.3 Å². The van der Waals surface area contributed by atoms with Crippen molar-refractivity contribution < 1.29 is 23.9 Å². The van der Waals surface area contributed by atoms with Crippen molar-refractivity contribution in [2.45, 2.75) is 39.2 Å². The van der Waals surface area contributed by atoms with Crippen LogP contribution in [0.2, 0.25) is 0 Å². The number of carbonyl (C=O) groups is 3. The molecule has 2 rings (SSSR count). The molecule has 25 heavy (non-hydrogen) atoms. The maximum atomic E-state index is 12.2. The van der Waals surface area contributed by atoms with Crippen molar-refractivity contribution in [1.82, 2.24) is 10.0 Å². The molecular formula is C18H24N2O5. The van der Waals surface area contributed by atoms with Gasteiger partial charge in [0.25, 0.3) is 0 Å². The van der Waals surface area contributed by atoms with E-state index in [1.54, 1.807) is 32.9 Å². The Labute approximate surface area is 147 Å². The summed E-state index contributed by atoms with van der Waals surface area (Å²) in [6.45, 7) is 6.06. The lowest BCUT2D eigenvalue weighted by atomic mass is 10.1. The Kier molecular flexibility index (Phi) is 5.66. The van der Waals surface area contributed by atoms with Crippen LogP contribution in [-0.2, 0) is 20.7 Å². The van der Waals surface area contributed by atoms with Crippen molar-refractivity contribution in [3.63, 3.8) is 0 Å². The summed E-state index contributed by atoms with van der Waals surface area (Å²) >= 11 is 0. The molecule has 1 heterocycles. The van der Waals surface area contributed by atoms with Gasteiger partial charge in [-0.25, -0.2) is 19.6 Å². The van der Waals surface area contributed by atoms with Crippen LogP contribution < -0.4 is 0 Å². The van der Waals surface area contributed by atoms with Crippen molar-refractivity contribution in [3.05, 3.63) is 35.4 Å². The van der Waals surface area contributed by atoms with E-state index >= 15 is 0 Å². The van der Waals surface area contributed by atoms with Crippen LogP contribution in [0, 0.1) is 0 Å². The Morgan fingerprint density at radius 2 is 1.80 bits per heavy atom. The van der Waals surface area contributed by atoms with E-state index in [4.69, 9.17) is 4.74 Å². The Hall–Kier alpha value is -2.57. The number of amides is 2. The summed E-state index contributed by atoms with van der Waals surface area (Å²) < 4.78 is 10.0. The topological polar surface area (TPSA) is 76.2 Å². The molecule has 1 aliphatic rings. The zero-order valence-corrected chi connectivity index (χ0v) is 15.1. The van der Waals surface area contributed by atoms with E-state index in [9.17, 15) is 14.4 Å². The lowest BCUT2D eigenvalue weighted by molar-refractivity contribution is -0.137. The third-order valence-electron chi connectivity index (χ3n) is 3.71. The predicted molar refractivity (Wildman–Crippen MR) is 90.8 cm³/mol. The molecule has 7 nitrogen and oxygen atoms in total. The minimum absolute atomic E-state index is 0.1000. The third kappa shape index (κ3) is 4.95. The number of esters is 1. The molecule has 0 spiro atoms. The molecule has 0 bridgehead atoms. The molecule has 1 fully saturated rings. The van der Waals surface area contributed by atoms with Crippen molar-refractivity contribution in [2.75, 3.05) is 20.2 Å². The van der Waals surface area contributed by atoms with Gasteiger partial charge < -0.3 is 9.47 Å². The van der Waals surface area contributed by atoms with Crippen LogP contribution in [0.1, 0.15) is 43.1 Å². The molecule has 0 unspecified atom stereocenters. The highest BCUT2D eigenvalue weighted by Crippen LogP contribution is 2.18. The molecule has 1 aliphatic heterocycles. The number of carbonyl (C=O) groups excluding carboxylic acids is 3. The van der Waals surface area contributed by atoms with E-state index in [0.29, 0.717) is 31.5 Å². The molecule has 1 aromatic rings. The van der Waals surface area contributed by atoms with Crippen molar-refractivity contribution in [2.24, 2.45) is 0 Å². The third-order valence-corrected chi connectivity index (χ3v) is 3.71. The Morgan fingerprint density at radius 3 is 2.36 bits per heavy atom. The van der Waals surface area contributed by atoms with E-state index < -0.39 is 17.7 Å². The highest BCUT2D eigenvalue weighted by molar-refractivity contribution is 5.89. The first-order chi connectivity index (χ1) is 11.7. The van der Waals surface area contributed by atoms with Gasteiger partial charge in [-0.2, -0.15) is 0 Å². The van der Waals surface area contributed by atoms with Crippen LogP contribution in [0.5, 0.6) is 0 Å². The summed E-state index contributed by atoms with van der Waals surface area (Å²) in [5.41, 5.74) is 0.813. The van der Waals surface area contributed by atoms with Crippen molar-refractivity contribution in [1.29, 1.82) is 0 Å². The second-order valence-electron chi connectivity index (χ2n) is 6.81. The van der Waals surface area contributed by atoms with Crippen molar-refractivity contribution in [3.8, 4) is 0 Å². The molecule has 0 aromatic heterocycles. The van der Waals surface area contributed by atoms with Crippen LogP contribution in [0.3, 0.4) is 0 Å². The van der Waals surface area contributed by atoms with E-state index in [1.807, 2.05) is 12.1 Å². The van der Waals surface area contributed by atoms with Crippen LogP contribution >= 0.6 is 0 Å². The van der Waals surface area contributed by atoms with Gasteiger partial charge in [-0.15, -0.1) is 0 Å². The second-order valence-corrected chi connectivity index (χ2v) is 6.81. The van der Waals surface area contributed by atoms with Gasteiger partial charge >= 0.3 is 12.1 Å². The first kappa shape index (κ1) is 18.8. The van der Waals surface area contributed by atoms with Crippen LogP contribution in [0.25, 0.3) is 0 Å². The second kappa shape index (κ2) is 7.55. The van der Waals surface area contributed by atoms with Gasteiger partial charge in [-0.1, -0.05) is 12.1 Å². The smallest absolute Gasteiger partial charge is 0.429 e. The molecule has 0 radical (unpaired) electrons. The SMILES string of the molecule is COC(=O)c1ccc(CCN2C(=O)CCN2C(=O)OC(C)(C)C)cc1. The van der Waals surface area contributed by atoms with Gasteiger partial charge in [0.2, 0.25) is 5.91 Å². The lowest BCUT2D eigenvalue weighted by Crippen LogP contribution is -2.46. The first-order valence-electron chi connectivity index (χ1n) is 8.19. The fraction of sp³-hybridized carbons (Fsp3) is 0.500. The summed E-state index contributed by atoms with van der Waals surface area (Å²) in [7, 11) is 1.33. The van der Waals surface area contributed by atoms with E-state index in [0.717, 1.165) is 5.56 Å². The largest absolute Gasteiger partial charge is 0.465 e. The van der Waals surface area contributed by atoms with Gasteiger partial charge in [0.1, 0.15) is 5.60 Å². The fourth-order valence-corrected chi connectivity index (χ4v) is 2.50. The molecule has 136 valence electrons. The number of hydrazine groups is 1. The molecule has 0 atom stereocenters. The minimum atomic E-state index is -0.613. The number of ether oxygens (including phenoxy) is 2. The van der Waals surface area contributed by atoms with Crippen LogP contribution in [0.4, 0.5) is 4.79 Å². The summed E-state index contributed by atoms with van der Waals surface area (Å²) in [5, 5.41) is 2.79. The van der Waals surface area contributed by atoms with Gasteiger partial charge in [-0.05, 0) is 44.9 Å². The summed E-state index contributed by atoms with van der Waals surface area (Å²) in [4.78, 5) is 35.7. The average Bonchev–Trinajstić information content (AvgIpc) is 2.92. The number of hydrogen-bond acceptors (Lipinski definition) is 5. The van der Waals surface area contributed by atoms with Gasteiger partial charge in [-0.3, -0.25) is 4.79 Å². The minimum Gasteiger partial charge on any atom is -0.465 e. The first-order valence-corrected chi connectivity index (χ1v) is 8.19. The van der Waals surface area contributed by atoms with Crippen LogP contribution in [-0.4, -0.2) is 53.8 Å². The molecular weight excluding hydrogens is 324 g/mol. The van der Waals surface area contributed by atoms with Gasteiger partial charge in [0.05, 0.1) is 19.2 Å². The molecule has 0 N–H and O–H groups in total. The Balaban J connectivity index is 1.98. The normalized spacial score (nSPS) is 14.6. The summed E-state index contributed by atoms with van der Waals surface area (Å²) in [6, 6.07) is 6.98. The average molecular weight is 348 g/mol. The number of methoxy groups -OCH3 is 1. The zero-order chi connectivity index (χ0) is 18.6. The van der Waals surface area contributed by atoms with Crippen molar-refractivity contribution >= 4 is 18.0 Å². The highest BCUT2D eigenvalue weighted by atomic mass is 16.6.